The Labute approximate surface area is 145 Å². The van der Waals surface area contributed by atoms with Crippen LogP contribution >= 0.6 is 11.3 Å². The number of thiazole rings is 1. The molecule has 0 radical (unpaired) electrons. The van der Waals surface area contributed by atoms with Crippen LogP contribution in [0.15, 0.2) is 12.1 Å². The summed E-state index contributed by atoms with van der Waals surface area (Å²) in [5.41, 5.74) is 0.458. The van der Waals surface area contributed by atoms with E-state index in [4.69, 9.17) is 4.74 Å². The van der Waals surface area contributed by atoms with Crippen LogP contribution in [0.3, 0.4) is 0 Å². The summed E-state index contributed by atoms with van der Waals surface area (Å²) < 4.78 is 40.9. The average molecular weight is 371 g/mol. The number of alkyl halides is 2. The third-order valence-corrected chi connectivity index (χ3v) is 5.05. The van der Waals surface area contributed by atoms with Crippen LogP contribution < -0.4 is 14.8 Å². The number of hydrogen-bond acceptors (Lipinski definition) is 7. The second-order valence-corrected chi connectivity index (χ2v) is 6.80. The second-order valence-electron chi connectivity index (χ2n) is 5.77. The lowest BCUT2D eigenvalue weighted by Gasteiger charge is -2.31. The molecule has 1 aromatic carbocycles. The van der Waals surface area contributed by atoms with Gasteiger partial charge in [0.25, 0.3) is 0 Å². The van der Waals surface area contributed by atoms with E-state index >= 15 is 0 Å². The molecule has 4 rings (SSSR count). The van der Waals surface area contributed by atoms with Crippen LogP contribution in [0.1, 0.15) is 6.92 Å². The minimum absolute atomic E-state index is 0.0410. The predicted octanol–water partition coefficient (Wildman–Crippen LogP) is 2.28. The first kappa shape index (κ1) is 16.4. The molecule has 0 bridgehead atoms. The normalized spacial score (nSPS) is 20.6. The van der Waals surface area contributed by atoms with Crippen molar-refractivity contribution in [2.45, 2.75) is 19.3 Å². The molecule has 1 atom stereocenters. The Bertz CT molecular complexity index is 777. The molecule has 10 heteroatoms. The van der Waals surface area contributed by atoms with Gasteiger partial charge >= 0.3 is 6.29 Å². The van der Waals surface area contributed by atoms with E-state index in [0.29, 0.717) is 41.7 Å². The molecular formula is C15H15F2N3O4S. The van der Waals surface area contributed by atoms with Gasteiger partial charge in [0, 0.05) is 25.2 Å². The Kier molecular flexibility index (Phi) is 3.97. The first-order valence-corrected chi connectivity index (χ1v) is 8.56. The molecular weight excluding hydrogens is 356 g/mol. The smallest absolute Gasteiger partial charge is 0.395 e. The maximum Gasteiger partial charge on any atom is 0.586 e. The number of carbonyl (C=O) groups excluding carboxylic acids is 1. The number of hydrogen-bond donors (Lipinski definition) is 1. The zero-order chi connectivity index (χ0) is 17.6. The van der Waals surface area contributed by atoms with E-state index in [0.717, 1.165) is 0 Å². The summed E-state index contributed by atoms with van der Waals surface area (Å²) in [6.07, 6.45) is -3.66. The molecule has 2 aliphatic heterocycles. The van der Waals surface area contributed by atoms with Crippen LogP contribution in [0.4, 0.5) is 13.9 Å². The highest BCUT2D eigenvalue weighted by Crippen LogP contribution is 2.44. The van der Waals surface area contributed by atoms with Crippen molar-refractivity contribution in [1.82, 2.24) is 9.88 Å². The number of rotatable bonds is 3. The van der Waals surface area contributed by atoms with Crippen molar-refractivity contribution in [3.8, 4) is 11.5 Å². The molecule has 2 aliphatic rings. The van der Waals surface area contributed by atoms with Crippen molar-refractivity contribution < 1.29 is 27.8 Å². The molecule has 1 aromatic heterocycles. The van der Waals surface area contributed by atoms with Crippen LogP contribution in [0.2, 0.25) is 0 Å². The van der Waals surface area contributed by atoms with Crippen LogP contribution in [0.25, 0.3) is 10.2 Å². The predicted molar refractivity (Wildman–Crippen MR) is 86.3 cm³/mol. The van der Waals surface area contributed by atoms with Gasteiger partial charge in [-0.05, 0) is 6.92 Å². The third kappa shape index (κ3) is 3.24. The molecule has 2 aromatic rings. The van der Waals surface area contributed by atoms with Crippen molar-refractivity contribution in [3.63, 3.8) is 0 Å². The van der Waals surface area contributed by atoms with E-state index in [1.54, 1.807) is 0 Å². The SMILES string of the molecule is C[C@@H](C(=O)Nc1nc2cc3c(cc2s1)OC(F)(F)O3)N1CCOCC1. The lowest BCUT2D eigenvalue weighted by atomic mass is 10.2. The lowest BCUT2D eigenvalue weighted by Crippen LogP contribution is -2.47. The summed E-state index contributed by atoms with van der Waals surface area (Å²) in [6, 6.07) is 2.50. The number of benzene rings is 1. The molecule has 1 N–H and O–H groups in total. The molecule has 7 nitrogen and oxygen atoms in total. The Hall–Kier alpha value is -2.04. The Morgan fingerprint density at radius 2 is 2.00 bits per heavy atom. The van der Waals surface area contributed by atoms with Gasteiger partial charge in [-0.15, -0.1) is 8.78 Å². The fourth-order valence-electron chi connectivity index (χ4n) is 2.77. The molecule has 0 saturated carbocycles. The number of anilines is 1. The fraction of sp³-hybridized carbons (Fsp3) is 0.467. The van der Waals surface area contributed by atoms with Crippen molar-refractivity contribution in [1.29, 1.82) is 0 Å². The van der Waals surface area contributed by atoms with Crippen molar-refractivity contribution in [2.24, 2.45) is 0 Å². The van der Waals surface area contributed by atoms with Gasteiger partial charge in [0.05, 0.1) is 29.5 Å². The van der Waals surface area contributed by atoms with Gasteiger partial charge in [-0.3, -0.25) is 9.69 Å². The van der Waals surface area contributed by atoms with Gasteiger partial charge in [-0.2, -0.15) is 0 Å². The summed E-state index contributed by atoms with van der Waals surface area (Å²) in [5, 5.41) is 3.17. The van der Waals surface area contributed by atoms with Gasteiger partial charge in [0.2, 0.25) is 5.91 Å². The monoisotopic (exact) mass is 371 g/mol. The zero-order valence-electron chi connectivity index (χ0n) is 13.3. The Balaban J connectivity index is 1.50. The Morgan fingerprint density at radius 3 is 2.72 bits per heavy atom. The highest BCUT2D eigenvalue weighted by Gasteiger charge is 2.43. The molecule has 25 heavy (non-hydrogen) atoms. The number of ether oxygens (including phenoxy) is 3. The van der Waals surface area contributed by atoms with Crippen LogP contribution in [0.5, 0.6) is 11.5 Å². The van der Waals surface area contributed by atoms with Crippen LogP contribution in [0, 0.1) is 0 Å². The molecule has 1 amide bonds. The summed E-state index contributed by atoms with van der Waals surface area (Å²) in [5.74, 6) is -0.282. The molecule has 1 saturated heterocycles. The van der Waals surface area contributed by atoms with E-state index in [1.807, 2.05) is 11.8 Å². The second kappa shape index (κ2) is 6.04. The largest absolute Gasteiger partial charge is 0.586 e. The number of halogens is 2. The fourth-order valence-corrected chi connectivity index (χ4v) is 3.65. The number of fused-ring (bicyclic) bond motifs is 2. The van der Waals surface area contributed by atoms with Gasteiger partial charge in [-0.1, -0.05) is 11.3 Å². The minimum Gasteiger partial charge on any atom is -0.395 e. The molecule has 0 aliphatic carbocycles. The van der Waals surface area contributed by atoms with Gasteiger partial charge in [0.1, 0.15) is 0 Å². The van der Waals surface area contributed by atoms with E-state index < -0.39 is 6.29 Å². The van der Waals surface area contributed by atoms with Gasteiger partial charge in [-0.25, -0.2) is 4.98 Å². The standard InChI is InChI=1S/C15H15F2N3O4S/c1-8(20-2-4-22-5-3-20)13(21)19-14-18-9-6-10-11(7-12(9)25-14)24-15(16,17)23-10/h6-8H,2-5H2,1H3,(H,18,19,21)/t8-/m0/s1. The average Bonchev–Trinajstić information content (AvgIpc) is 3.09. The first-order valence-electron chi connectivity index (χ1n) is 7.74. The third-order valence-electron chi connectivity index (χ3n) is 4.11. The van der Waals surface area contributed by atoms with Crippen molar-refractivity contribution >= 4 is 32.6 Å². The number of carbonyl (C=O) groups is 1. The minimum atomic E-state index is -3.66. The molecule has 1 fully saturated rings. The number of morpholine rings is 1. The number of amides is 1. The highest BCUT2D eigenvalue weighted by atomic mass is 32.1. The van der Waals surface area contributed by atoms with E-state index in [1.165, 1.54) is 23.5 Å². The first-order chi connectivity index (χ1) is 11.9. The number of aromatic nitrogens is 1. The Morgan fingerprint density at radius 1 is 1.32 bits per heavy atom. The van der Waals surface area contributed by atoms with Crippen LogP contribution in [-0.4, -0.2) is 54.4 Å². The van der Waals surface area contributed by atoms with Crippen LogP contribution in [-0.2, 0) is 9.53 Å². The van der Waals surface area contributed by atoms with E-state index in [-0.39, 0.29) is 23.4 Å². The summed E-state index contributed by atoms with van der Waals surface area (Å²) >= 11 is 1.19. The van der Waals surface area contributed by atoms with E-state index in [2.05, 4.69) is 19.8 Å². The van der Waals surface area contributed by atoms with Gasteiger partial charge < -0.3 is 19.5 Å². The molecule has 134 valence electrons. The topological polar surface area (TPSA) is 72.9 Å². The lowest BCUT2D eigenvalue weighted by molar-refractivity contribution is -0.286. The molecule has 0 unspecified atom stereocenters. The summed E-state index contributed by atoms with van der Waals surface area (Å²) in [7, 11) is 0. The number of nitrogens with one attached hydrogen (secondary N) is 1. The molecule has 0 spiro atoms. The van der Waals surface area contributed by atoms with Crippen molar-refractivity contribution in [3.05, 3.63) is 12.1 Å². The van der Waals surface area contributed by atoms with Gasteiger partial charge in [0.15, 0.2) is 16.6 Å². The molecule has 3 heterocycles. The summed E-state index contributed by atoms with van der Waals surface area (Å²) in [6.45, 7) is 4.43. The maximum atomic E-state index is 13.1. The number of nitrogens with zero attached hydrogens (tertiary/aromatic N) is 2. The van der Waals surface area contributed by atoms with Crippen molar-refractivity contribution in [2.75, 3.05) is 31.6 Å². The van der Waals surface area contributed by atoms with E-state index in [9.17, 15) is 13.6 Å². The maximum absolute atomic E-state index is 13.1. The highest BCUT2D eigenvalue weighted by molar-refractivity contribution is 7.22. The zero-order valence-corrected chi connectivity index (χ0v) is 14.1. The summed E-state index contributed by atoms with van der Waals surface area (Å²) in [4.78, 5) is 18.7. The quantitative estimate of drug-likeness (QED) is 0.893.